The van der Waals surface area contributed by atoms with Crippen molar-refractivity contribution in [2.45, 2.75) is 59.6 Å². The fourth-order valence-corrected chi connectivity index (χ4v) is 2.85. The number of aliphatic carboxylic acids is 1. The smallest absolute Gasteiger partial charge is 0.449 e. The minimum Gasteiger partial charge on any atom is -0.480 e. The Balaban J connectivity index is 2.74. The standard InChI is InChI=1S/C19H29NO8S/c1-18(2,3)12-26-29(24,25)28-14-9-7-13(8-10-14)11-15(16(21)22)20-17(23)27-19(4,5)6/h7-10,15H,11-12H2,1-6H3,(H,20,23)(H,21,22)/t15-/m0/s1. The summed E-state index contributed by atoms with van der Waals surface area (Å²) in [6.07, 6.45) is -0.866. The lowest BCUT2D eigenvalue weighted by atomic mass is 9.99. The van der Waals surface area contributed by atoms with Crippen LogP contribution in [-0.4, -0.2) is 43.8 Å². The molecule has 164 valence electrons. The van der Waals surface area contributed by atoms with Crippen LogP contribution in [0, 0.1) is 5.41 Å². The van der Waals surface area contributed by atoms with E-state index in [9.17, 15) is 23.1 Å². The van der Waals surface area contributed by atoms with Crippen molar-refractivity contribution in [3.05, 3.63) is 29.8 Å². The molecule has 0 saturated heterocycles. The third-order valence-corrected chi connectivity index (χ3v) is 3.99. The lowest BCUT2D eigenvalue weighted by Gasteiger charge is -2.22. The molecule has 0 spiro atoms. The fourth-order valence-electron chi connectivity index (χ4n) is 1.96. The molecular formula is C19H29NO8S. The number of nitrogens with one attached hydrogen (secondary N) is 1. The molecule has 2 N–H and O–H groups in total. The van der Waals surface area contributed by atoms with Gasteiger partial charge in [-0.05, 0) is 43.9 Å². The molecule has 0 unspecified atom stereocenters. The van der Waals surface area contributed by atoms with Crippen molar-refractivity contribution >= 4 is 22.5 Å². The van der Waals surface area contributed by atoms with E-state index in [1.54, 1.807) is 20.8 Å². The predicted molar refractivity (Wildman–Crippen MR) is 106 cm³/mol. The fraction of sp³-hybridized carbons (Fsp3) is 0.579. The summed E-state index contributed by atoms with van der Waals surface area (Å²) in [6, 6.07) is 4.54. The molecule has 0 fully saturated rings. The Morgan fingerprint density at radius 2 is 1.62 bits per heavy atom. The van der Waals surface area contributed by atoms with Crippen molar-refractivity contribution in [3.63, 3.8) is 0 Å². The predicted octanol–water partition coefficient (Wildman–Crippen LogP) is 2.89. The second-order valence-electron chi connectivity index (χ2n) is 8.70. The molecular weight excluding hydrogens is 402 g/mol. The number of rotatable bonds is 8. The average molecular weight is 432 g/mol. The molecule has 1 amide bonds. The van der Waals surface area contributed by atoms with Crippen molar-refractivity contribution < 1.29 is 36.2 Å². The summed E-state index contributed by atoms with van der Waals surface area (Å²) in [5, 5.41) is 11.6. The summed E-state index contributed by atoms with van der Waals surface area (Å²) in [7, 11) is -4.22. The first kappa shape index (κ1) is 24.7. The summed E-state index contributed by atoms with van der Waals surface area (Å²) < 4.78 is 38.5. The highest BCUT2D eigenvalue weighted by atomic mass is 32.3. The van der Waals surface area contributed by atoms with Gasteiger partial charge in [0.15, 0.2) is 0 Å². The topological polar surface area (TPSA) is 128 Å². The van der Waals surface area contributed by atoms with Crippen LogP contribution < -0.4 is 9.50 Å². The summed E-state index contributed by atoms with van der Waals surface area (Å²) in [5.74, 6) is -1.20. The van der Waals surface area contributed by atoms with E-state index in [1.165, 1.54) is 24.3 Å². The highest BCUT2D eigenvalue weighted by Gasteiger charge is 2.24. The number of hydrogen-bond acceptors (Lipinski definition) is 7. The molecule has 1 aromatic rings. The van der Waals surface area contributed by atoms with Crippen LogP contribution in [0.4, 0.5) is 4.79 Å². The van der Waals surface area contributed by atoms with Gasteiger partial charge in [-0.25, -0.2) is 13.8 Å². The van der Waals surface area contributed by atoms with Crippen LogP contribution in [0.3, 0.4) is 0 Å². The van der Waals surface area contributed by atoms with Gasteiger partial charge in [0, 0.05) is 6.42 Å². The molecule has 0 bridgehead atoms. The number of ether oxygens (including phenoxy) is 1. The normalized spacial score (nSPS) is 13.4. The number of hydrogen-bond donors (Lipinski definition) is 2. The maximum Gasteiger partial charge on any atom is 0.449 e. The monoisotopic (exact) mass is 431 g/mol. The molecule has 1 atom stereocenters. The Morgan fingerprint density at radius 3 is 2.07 bits per heavy atom. The van der Waals surface area contributed by atoms with Gasteiger partial charge in [0.2, 0.25) is 0 Å². The molecule has 0 aliphatic rings. The number of carboxylic acids is 1. The van der Waals surface area contributed by atoms with Gasteiger partial charge >= 0.3 is 22.5 Å². The minimum atomic E-state index is -4.22. The van der Waals surface area contributed by atoms with Crippen LogP contribution in [0.1, 0.15) is 47.1 Å². The Morgan fingerprint density at radius 1 is 1.07 bits per heavy atom. The first-order chi connectivity index (χ1) is 13.1. The van der Waals surface area contributed by atoms with Crippen molar-refractivity contribution in [3.8, 4) is 5.75 Å². The van der Waals surface area contributed by atoms with Crippen LogP contribution in [0.15, 0.2) is 24.3 Å². The van der Waals surface area contributed by atoms with E-state index in [-0.39, 0.29) is 24.2 Å². The zero-order chi connectivity index (χ0) is 22.5. The van der Waals surface area contributed by atoms with Gasteiger partial charge in [-0.2, -0.15) is 8.42 Å². The van der Waals surface area contributed by atoms with Gasteiger partial charge in [-0.15, -0.1) is 0 Å². The van der Waals surface area contributed by atoms with E-state index in [1.807, 2.05) is 20.8 Å². The van der Waals surface area contributed by atoms with E-state index in [0.717, 1.165) is 0 Å². The molecule has 1 aromatic carbocycles. The van der Waals surface area contributed by atoms with Crippen LogP contribution in [0.5, 0.6) is 5.75 Å². The number of carboxylic acid groups (broad SMARTS) is 1. The van der Waals surface area contributed by atoms with Gasteiger partial charge in [0.05, 0.1) is 6.61 Å². The van der Waals surface area contributed by atoms with Crippen molar-refractivity contribution in [1.82, 2.24) is 5.32 Å². The van der Waals surface area contributed by atoms with Gasteiger partial charge in [0.25, 0.3) is 0 Å². The molecule has 10 heteroatoms. The molecule has 0 radical (unpaired) electrons. The van der Waals surface area contributed by atoms with Crippen LogP contribution >= 0.6 is 0 Å². The summed E-state index contributed by atoms with van der Waals surface area (Å²) in [5.41, 5.74) is -0.561. The zero-order valence-electron chi connectivity index (χ0n) is 17.5. The van der Waals surface area contributed by atoms with E-state index in [0.29, 0.717) is 5.56 Å². The lowest BCUT2D eigenvalue weighted by Crippen LogP contribution is -2.44. The number of benzene rings is 1. The van der Waals surface area contributed by atoms with Gasteiger partial charge in [0.1, 0.15) is 17.4 Å². The molecule has 29 heavy (non-hydrogen) atoms. The maximum atomic E-state index is 11.9. The van der Waals surface area contributed by atoms with E-state index in [4.69, 9.17) is 13.1 Å². The Labute approximate surface area is 171 Å². The van der Waals surface area contributed by atoms with Crippen molar-refractivity contribution in [1.29, 1.82) is 0 Å². The van der Waals surface area contributed by atoms with Crippen LogP contribution in [0.2, 0.25) is 0 Å². The number of carbonyl (C=O) groups excluding carboxylic acids is 1. The van der Waals surface area contributed by atoms with Crippen LogP contribution in [-0.2, 0) is 30.5 Å². The van der Waals surface area contributed by atoms with E-state index >= 15 is 0 Å². The average Bonchev–Trinajstić information content (AvgIpc) is 2.51. The number of amides is 1. The lowest BCUT2D eigenvalue weighted by molar-refractivity contribution is -0.139. The first-order valence-electron chi connectivity index (χ1n) is 8.96. The Kier molecular flexibility index (Phi) is 8.05. The first-order valence-corrected chi connectivity index (χ1v) is 10.3. The van der Waals surface area contributed by atoms with Crippen LogP contribution in [0.25, 0.3) is 0 Å². The molecule has 0 aliphatic carbocycles. The molecule has 0 saturated carbocycles. The quantitative estimate of drug-likeness (QED) is 0.643. The summed E-state index contributed by atoms with van der Waals surface area (Å²) in [6.45, 7) is 10.4. The van der Waals surface area contributed by atoms with E-state index < -0.39 is 34.1 Å². The minimum absolute atomic E-state index is 0.0228. The number of alkyl carbamates (subject to hydrolysis) is 1. The van der Waals surface area contributed by atoms with Crippen molar-refractivity contribution in [2.24, 2.45) is 5.41 Å². The second-order valence-corrected chi connectivity index (χ2v) is 9.92. The van der Waals surface area contributed by atoms with Gasteiger partial charge in [-0.3, -0.25) is 0 Å². The number of carbonyl (C=O) groups is 2. The third kappa shape index (κ3) is 10.7. The molecule has 0 aromatic heterocycles. The SMILES string of the molecule is CC(C)(C)COS(=O)(=O)Oc1ccc(C[C@H](NC(=O)OC(C)(C)C)C(=O)O)cc1. The molecule has 0 heterocycles. The van der Waals surface area contributed by atoms with Crippen molar-refractivity contribution in [2.75, 3.05) is 6.61 Å². The summed E-state index contributed by atoms with van der Waals surface area (Å²) in [4.78, 5) is 23.2. The molecule has 0 aliphatic heterocycles. The molecule has 1 rings (SSSR count). The Bertz CT molecular complexity index is 804. The van der Waals surface area contributed by atoms with Gasteiger partial charge in [-0.1, -0.05) is 32.9 Å². The Hall–Kier alpha value is -2.33. The third-order valence-electron chi connectivity index (χ3n) is 3.19. The zero-order valence-corrected chi connectivity index (χ0v) is 18.3. The molecule has 9 nitrogen and oxygen atoms in total. The second kappa shape index (κ2) is 9.45. The largest absolute Gasteiger partial charge is 0.480 e. The summed E-state index contributed by atoms with van der Waals surface area (Å²) >= 11 is 0. The highest BCUT2D eigenvalue weighted by molar-refractivity contribution is 7.82. The highest BCUT2D eigenvalue weighted by Crippen LogP contribution is 2.19. The maximum absolute atomic E-state index is 11.9. The van der Waals surface area contributed by atoms with E-state index in [2.05, 4.69) is 5.32 Å². The van der Waals surface area contributed by atoms with Gasteiger partial charge < -0.3 is 19.3 Å².